The van der Waals surface area contributed by atoms with E-state index in [1.54, 1.807) is 18.2 Å². The minimum Gasteiger partial charge on any atom is -0.454 e. The van der Waals surface area contributed by atoms with Gasteiger partial charge in [0.2, 0.25) is 6.79 Å². The molecule has 108 valence electrons. The molecule has 2 unspecified atom stereocenters. The van der Waals surface area contributed by atoms with E-state index in [9.17, 15) is 4.79 Å². The van der Waals surface area contributed by atoms with E-state index in [-0.39, 0.29) is 18.7 Å². The molecule has 3 rings (SSSR count). The number of benzene rings is 1. The Bertz CT molecular complexity index is 517. The Hall–Kier alpha value is -1.59. The highest BCUT2D eigenvalue weighted by atomic mass is 16.7. The Morgan fingerprint density at radius 3 is 2.90 bits per heavy atom. The molecule has 2 aliphatic heterocycles. The second kappa shape index (κ2) is 5.42. The zero-order chi connectivity index (χ0) is 14.1. The molecule has 0 N–H and O–H groups in total. The van der Waals surface area contributed by atoms with Crippen molar-refractivity contribution in [2.24, 2.45) is 0 Å². The highest BCUT2D eigenvalue weighted by molar-refractivity contribution is 5.98. The van der Waals surface area contributed by atoms with Crippen LogP contribution in [0.2, 0.25) is 0 Å². The molecule has 2 atom stereocenters. The zero-order valence-corrected chi connectivity index (χ0v) is 11.8. The van der Waals surface area contributed by atoms with Crippen LogP contribution in [0.3, 0.4) is 0 Å². The molecule has 0 spiro atoms. The van der Waals surface area contributed by atoms with Gasteiger partial charge in [0, 0.05) is 18.2 Å². The lowest BCUT2D eigenvalue weighted by Gasteiger charge is -2.25. The average Bonchev–Trinajstić information content (AvgIpc) is 3.05. The van der Waals surface area contributed by atoms with E-state index < -0.39 is 0 Å². The summed E-state index contributed by atoms with van der Waals surface area (Å²) in [7, 11) is 1.97. The van der Waals surface area contributed by atoms with Crippen LogP contribution in [0.15, 0.2) is 18.2 Å². The molecule has 20 heavy (non-hydrogen) atoms. The molecule has 0 amide bonds. The molecule has 1 aromatic carbocycles. The summed E-state index contributed by atoms with van der Waals surface area (Å²) in [6.45, 7) is 3.44. The highest BCUT2D eigenvalue weighted by Gasteiger charge is 2.29. The first kappa shape index (κ1) is 13.4. The van der Waals surface area contributed by atoms with Crippen molar-refractivity contribution < 1.29 is 19.0 Å². The number of Topliss-reactive ketones (excluding diaryl/α,β-unsaturated/α-hetero) is 1. The molecule has 0 aromatic heterocycles. The lowest BCUT2D eigenvalue weighted by Crippen LogP contribution is -2.39. The summed E-state index contributed by atoms with van der Waals surface area (Å²) < 4.78 is 16.1. The molecule has 0 saturated carbocycles. The standard InChI is InChI=1S/C15H19NO4/c1-10-12(5-6-18-10)16(2)8-13(17)11-3-4-14-15(7-11)20-9-19-14/h3-4,7,10,12H,5-6,8-9H2,1-2H3. The van der Waals surface area contributed by atoms with Gasteiger partial charge in [0.25, 0.3) is 0 Å². The van der Waals surface area contributed by atoms with Gasteiger partial charge in [0.15, 0.2) is 17.3 Å². The Morgan fingerprint density at radius 2 is 2.15 bits per heavy atom. The second-order valence-electron chi connectivity index (χ2n) is 5.34. The summed E-state index contributed by atoms with van der Waals surface area (Å²) >= 11 is 0. The van der Waals surface area contributed by atoms with Crippen LogP contribution in [-0.2, 0) is 4.74 Å². The third-order valence-corrected chi connectivity index (χ3v) is 3.99. The third kappa shape index (κ3) is 2.51. The van der Waals surface area contributed by atoms with Crippen LogP contribution >= 0.6 is 0 Å². The van der Waals surface area contributed by atoms with Crippen molar-refractivity contribution >= 4 is 5.78 Å². The van der Waals surface area contributed by atoms with Crippen molar-refractivity contribution in [3.8, 4) is 11.5 Å². The fourth-order valence-corrected chi connectivity index (χ4v) is 2.80. The number of rotatable bonds is 4. The Labute approximate surface area is 118 Å². The number of carbonyl (C=O) groups excluding carboxylic acids is 1. The van der Waals surface area contributed by atoms with Crippen molar-refractivity contribution in [2.45, 2.75) is 25.5 Å². The van der Waals surface area contributed by atoms with Crippen LogP contribution in [-0.4, -0.2) is 49.8 Å². The average molecular weight is 277 g/mol. The maximum Gasteiger partial charge on any atom is 0.231 e. The van der Waals surface area contributed by atoms with Crippen LogP contribution in [0.1, 0.15) is 23.7 Å². The van der Waals surface area contributed by atoms with Gasteiger partial charge in [-0.25, -0.2) is 0 Å². The summed E-state index contributed by atoms with van der Waals surface area (Å²) in [6, 6.07) is 5.65. The number of ether oxygens (including phenoxy) is 3. The molecule has 1 fully saturated rings. The predicted octanol–water partition coefficient (Wildman–Crippen LogP) is 1.71. The first-order valence-corrected chi connectivity index (χ1v) is 6.90. The number of fused-ring (bicyclic) bond motifs is 1. The molecule has 0 aliphatic carbocycles. The number of nitrogens with zero attached hydrogens (tertiary/aromatic N) is 1. The monoisotopic (exact) mass is 277 g/mol. The Balaban J connectivity index is 1.67. The minimum atomic E-state index is 0.0879. The van der Waals surface area contributed by atoms with Gasteiger partial charge in [-0.05, 0) is 38.6 Å². The van der Waals surface area contributed by atoms with Gasteiger partial charge in [0.1, 0.15) is 0 Å². The lowest BCUT2D eigenvalue weighted by atomic mass is 10.1. The molecule has 2 aliphatic rings. The SMILES string of the molecule is CC1OCCC1N(C)CC(=O)c1ccc2c(c1)OCO2. The van der Waals surface area contributed by atoms with Crippen LogP contribution in [0.5, 0.6) is 11.5 Å². The Kier molecular flexibility index (Phi) is 3.63. The number of ketones is 1. The van der Waals surface area contributed by atoms with Crippen LogP contribution in [0, 0.1) is 0 Å². The fraction of sp³-hybridized carbons (Fsp3) is 0.533. The zero-order valence-electron chi connectivity index (χ0n) is 11.8. The molecule has 0 radical (unpaired) electrons. The van der Waals surface area contributed by atoms with Gasteiger partial charge in [-0.3, -0.25) is 9.69 Å². The highest BCUT2D eigenvalue weighted by Crippen LogP contribution is 2.32. The minimum absolute atomic E-state index is 0.0879. The quantitative estimate of drug-likeness (QED) is 0.784. The number of carbonyl (C=O) groups is 1. The molecular weight excluding hydrogens is 258 g/mol. The summed E-state index contributed by atoms with van der Waals surface area (Å²) in [5.41, 5.74) is 0.660. The van der Waals surface area contributed by atoms with Gasteiger partial charge in [-0.15, -0.1) is 0 Å². The summed E-state index contributed by atoms with van der Waals surface area (Å²) in [5, 5.41) is 0. The third-order valence-electron chi connectivity index (χ3n) is 3.99. The summed E-state index contributed by atoms with van der Waals surface area (Å²) in [6.07, 6.45) is 1.16. The van der Waals surface area contributed by atoms with E-state index in [4.69, 9.17) is 14.2 Å². The van der Waals surface area contributed by atoms with Crippen molar-refractivity contribution in [3.63, 3.8) is 0 Å². The van der Waals surface area contributed by atoms with Gasteiger partial charge in [-0.2, -0.15) is 0 Å². The van der Waals surface area contributed by atoms with E-state index in [1.165, 1.54) is 0 Å². The smallest absolute Gasteiger partial charge is 0.231 e. The number of hydrogen-bond acceptors (Lipinski definition) is 5. The normalized spacial score (nSPS) is 24.4. The van der Waals surface area contributed by atoms with Crippen LogP contribution < -0.4 is 9.47 Å². The second-order valence-corrected chi connectivity index (χ2v) is 5.34. The largest absolute Gasteiger partial charge is 0.454 e. The van der Waals surface area contributed by atoms with Gasteiger partial charge in [-0.1, -0.05) is 0 Å². The summed E-state index contributed by atoms with van der Waals surface area (Å²) in [5.74, 6) is 1.44. The van der Waals surface area contributed by atoms with Crippen molar-refractivity contribution in [1.82, 2.24) is 4.90 Å². The van der Waals surface area contributed by atoms with Gasteiger partial charge < -0.3 is 14.2 Å². The van der Waals surface area contributed by atoms with Crippen LogP contribution in [0.25, 0.3) is 0 Å². The topological polar surface area (TPSA) is 48.0 Å². The number of hydrogen-bond donors (Lipinski definition) is 0. The number of likely N-dealkylation sites (N-methyl/N-ethyl adjacent to an activating group) is 1. The molecule has 5 nitrogen and oxygen atoms in total. The predicted molar refractivity (Wildman–Crippen MR) is 73.3 cm³/mol. The van der Waals surface area contributed by atoms with Crippen molar-refractivity contribution in [1.29, 1.82) is 0 Å². The van der Waals surface area contributed by atoms with E-state index in [0.717, 1.165) is 13.0 Å². The maximum atomic E-state index is 12.3. The van der Waals surface area contributed by atoms with E-state index >= 15 is 0 Å². The summed E-state index contributed by atoms with van der Waals surface area (Å²) in [4.78, 5) is 14.4. The molecule has 1 aromatic rings. The first-order chi connectivity index (χ1) is 9.65. The van der Waals surface area contributed by atoms with Crippen LogP contribution in [0.4, 0.5) is 0 Å². The van der Waals surface area contributed by atoms with Gasteiger partial charge in [0.05, 0.1) is 12.6 Å². The van der Waals surface area contributed by atoms with Gasteiger partial charge >= 0.3 is 0 Å². The first-order valence-electron chi connectivity index (χ1n) is 6.90. The fourth-order valence-electron chi connectivity index (χ4n) is 2.80. The maximum absolute atomic E-state index is 12.3. The molecule has 5 heteroatoms. The lowest BCUT2D eigenvalue weighted by molar-refractivity contribution is 0.0745. The van der Waals surface area contributed by atoms with E-state index in [0.29, 0.717) is 29.6 Å². The van der Waals surface area contributed by atoms with E-state index in [1.807, 2.05) is 7.05 Å². The molecule has 2 heterocycles. The van der Waals surface area contributed by atoms with Crippen molar-refractivity contribution in [3.05, 3.63) is 23.8 Å². The van der Waals surface area contributed by atoms with E-state index in [2.05, 4.69) is 11.8 Å². The van der Waals surface area contributed by atoms with Crippen molar-refractivity contribution in [2.75, 3.05) is 27.0 Å². The Morgan fingerprint density at radius 1 is 1.35 bits per heavy atom. The molecule has 1 saturated heterocycles. The molecular formula is C15H19NO4. The molecule has 0 bridgehead atoms.